The molecule has 0 saturated carbocycles. The Balaban J connectivity index is 1.30. The molecule has 1 aliphatic rings. The van der Waals surface area contributed by atoms with E-state index in [-0.39, 0.29) is 0 Å². The molecule has 5 heterocycles. The summed E-state index contributed by atoms with van der Waals surface area (Å²) < 4.78 is 3.80. The summed E-state index contributed by atoms with van der Waals surface area (Å²) in [4.78, 5) is 9.52. The lowest BCUT2D eigenvalue weighted by Gasteiger charge is -2.40. The maximum atomic E-state index is 4.72. The second kappa shape index (κ2) is 6.06. The smallest absolute Gasteiger partial charge is 0.177 e. The summed E-state index contributed by atoms with van der Waals surface area (Å²) in [6.45, 7) is 6.02. The number of rotatable bonds is 3. The Morgan fingerprint density at radius 3 is 2.96 bits per heavy atom. The number of pyridine rings is 1. The van der Waals surface area contributed by atoms with Crippen LogP contribution in [-0.4, -0.2) is 59.8 Å². The molecule has 4 aromatic rings. The molecule has 1 saturated heterocycles. The van der Waals surface area contributed by atoms with Gasteiger partial charge in [0.05, 0.1) is 5.69 Å². The molecule has 0 N–H and O–H groups in total. The van der Waals surface area contributed by atoms with Crippen LogP contribution >= 0.6 is 0 Å². The van der Waals surface area contributed by atoms with E-state index in [1.807, 2.05) is 36.5 Å². The normalized spacial score (nSPS) is 18.8. The molecule has 8 heteroatoms. The summed E-state index contributed by atoms with van der Waals surface area (Å²) in [6.07, 6.45) is 5.80. The molecule has 0 bridgehead atoms. The number of piperazine rings is 1. The molecule has 1 fully saturated rings. The lowest BCUT2D eigenvalue weighted by Crippen LogP contribution is -2.52. The predicted octanol–water partition coefficient (Wildman–Crippen LogP) is 1.48. The van der Waals surface area contributed by atoms with Crippen molar-refractivity contribution in [1.29, 1.82) is 0 Å². The maximum Gasteiger partial charge on any atom is 0.177 e. The first-order valence-electron chi connectivity index (χ1n) is 8.85. The van der Waals surface area contributed by atoms with Crippen LogP contribution in [0.5, 0.6) is 0 Å². The van der Waals surface area contributed by atoms with Gasteiger partial charge in [0, 0.05) is 44.6 Å². The van der Waals surface area contributed by atoms with E-state index in [9.17, 15) is 0 Å². The predicted molar refractivity (Wildman–Crippen MR) is 98.1 cm³/mol. The van der Waals surface area contributed by atoms with Crippen molar-refractivity contribution in [3.05, 3.63) is 54.7 Å². The number of hydrogen-bond acceptors (Lipinski definition) is 6. The highest BCUT2D eigenvalue weighted by molar-refractivity contribution is 5.46. The highest BCUT2D eigenvalue weighted by Crippen LogP contribution is 2.19. The van der Waals surface area contributed by atoms with Crippen molar-refractivity contribution in [2.24, 2.45) is 0 Å². The molecule has 1 atom stereocenters. The average Bonchev–Trinajstić information content (AvgIpc) is 3.27. The molecule has 1 aliphatic heterocycles. The van der Waals surface area contributed by atoms with Crippen LogP contribution in [0.3, 0.4) is 0 Å². The van der Waals surface area contributed by atoms with E-state index in [0.29, 0.717) is 6.04 Å². The Kier molecular flexibility index (Phi) is 3.56. The van der Waals surface area contributed by atoms with E-state index in [0.717, 1.165) is 49.0 Å². The first-order valence-corrected chi connectivity index (χ1v) is 8.85. The van der Waals surface area contributed by atoms with Gasteiger partial charge in [0.15, 0.2) is 5.65 Å². The van der Waals surface area contributed by atoms with Crippen molar-refractivity contribution < 1.29 is 0 Å². The van der Waals surface area contributed by atoms with Gasteiger partial charge in [-0.1, -0.05) is 6.07 Å². The van der Waals surface area contributed by atoms with Gasteiger partial charge in [0.2, 0.25) is 0 Å². The minimum atomic E-state index is 0.377. The van der Waals surface area contributed by atoms with Gasteiger partial charge in [0.1, 0.15) is 17.8 Å². The fraction of sp³-hybridized carbons (Fsp3) is 0.333. The van der Waals surface area contributed by atoms with E-state index >= 15 is 0 Å². The van der Waals surface area contributed by atoms with Gasteiger partial charge in [-0.15, -0.1) is 15.3 Å². The van der Waals surface area contributed by atoms with Crippen LogP contribution in [0.2, 0.25) is 0 Å². The van der Waals surface area contributed by atoms with Crippen molar-refractivity contribution in [3.8, 4) is 0 Å². The molecule has 5 rings (SSSR count). The van der Waals surface area contributed by atoms with Crippen LogP contribution in [0, 0.1) is 0 Å². The monoisotopic (exact) mass is 348 g/mol. The van der Waals surface area contributed by atoms with Crippen LogP contribution in [0.4, 0.5) is 5.82 Å². The van der Waals surface area contributed by atoms with Gasteiger partial charge in [-0.3, -0.25) is 4.90 Å². The van der Waals surface area contributed by atoms with Gasteiger partial charge >= 0.3 is 0 Å². The zero-order valence-corrected chi connectivity index (χ0v) is 14.6. The molecule has 1 unspecified atom stereocenters. The Labute approximate surface area is 150 Å². The lowest BCUT2D eigenvalue weighted by atomic mass is 10.2. The first kappa shape index (κ1) is 15.3. The van der Waals surface area contributed by atoms with Crippen LogP contribution < -0.4 is 4.90 Å². The fourth-order valence-electron chi connectivity index (χ4n) is 3.68. The number of nitrogens with zero attached hydrogens (tertiary/aromatic N) is 8. The van der Waals surface area contributed by atoms with Crippen molar-refractivity contribution >= 4 is 17.1 Å². The van der Waals surface area contributed by atoms with Crippen molar-refractivity contribution in [1.82, 2.24) is 34.1 Å². The maximum absolute atomic E-state index is 4.72. The van der Waals surface area contributed by atoms with Gasteiger partial charge in [-0.05, 0) is 31.2 Å². The van der Waals surface area contributed by atoms with Crippen molar-refractivity contribution in [2.75, 3.05) is 24.5 Å². The van der Waals surface area contributed by atoms with Crippen LogP contribution in [0.15, 0.2) is 49.1 Å². The number of imidazole rings is 1. The zero-order valence-electron chi connectivity index (χ0n) is 14.6. The molecular weight excluding hydrogens is 328 g/mol. The molecule has 26 heavy (non-hydrogen) atoms. The number of fused-ring (bicyclic) bond motifs is 2. The minimum Gasteiger partial charge on any atom is -0.350 e. The van der Waals surface area contributed by atoms with Gasteiger partial charge < -0.3 is 9.30 Å². The lowest BCUT2D eigenvalue weighted by molar-refractivity contribution is 0.218. The Bertz CT molecular complexity index is 1020. The minimum absolute atomic E-state index is 0.377. The Morgan fingerprint density at radius 2 is 2.08 bits per heavy atom. The molecule has 132 valence electrons. The molecule has 0 aliphatic carbocycles. The number of aromatic nitrogens is 6. The average molecular weight is 348 g/mol. The van der Waals surface area contributed by atoms with Crippen molar-refractivity contribution in [3.63, 3.8) is 0 Å². The third-order valence-corrected chi connectivity index (χ3v) is 4.95. The summed E-state index contributed by atoms with van der Waals surface area (Å²) in [6, 6.07) is 10.5. The summed E-state index contributed by atoms with van der Waals surface area (Å²) in [7, 11) is 0. The second-order valence-electron chi connectivity index (χ2n) is 6.80. The Hall–Kier alpha value is -3.00. The highest BCUT2D eigenvalue weighted by atomic mass is 15.4. The van der Waals surface area contributed by atoms with E-state index in [1.165, 1.54) is 0 Å². The third-order valence-electron chi connectivity index (χ3n) is 4.95. The van der Waals surface area contributed by atoms with E-state index in [2.05, 4.69) is 42.6 Å². The summed E-state index contributed by atoms with van der Waals surface area (Å²) >= 11 is 0. The van der Waals surface area contributed by atoms with E-state index in [1.54, 1.807) is 10.8 Å². The summed E-state index contributed by atoms with van der Waals surface area (Å²) in [5, 5.41) is 12.5. The standard InChI is InChI=1S/C18H20N8/c1-14-10-23(11-15-12-24-7-3-2-4-16(24)20-15)8-9-25(14)18-6-5-17-21-19-13-26(17)22-18/h2-7,12-14H,8-11H2,1H3. The molecule has 0 spiro atoms. The fourth-order valence-corrected chi connectivity index (χ4v) is 3.68. The Morgan fingerprint density at radius 1 is 1.12 bits per heavy atom. The second-order valence-corrected chi connectivity index (χ2v) is 6.80. The molecule has 0 amide bonds. The third kappa shape index (κ3) is 2.68. The summed E-state index contributed by atoms with van der Waals surface area (Å²) in [5.74, 6) is 0.970. The SMILES string of the molecule is CC1CN(Cc2cn3ccccc3n2)CCN1c1ccc2nncn2n1. The van der Waals surface area contributed by atoms with Crippen LogP contribution in [-0.2, 0) is 6.54 Å². The zero-order chi connectivity index (χ0) is 17.5. The highest BCUT2D eigenvalue weighted by Gasteiger charge is 2.25. The van der Waals surface area contributed by atoms with Crippen molar-refractivity contribution in [2.45, 2.75) is 19.5 Å². The van der Waals surface area contributed by atoms with Crippen LogP contribution in [0.1, 0.15) is 12.6 Å². The first-order chi connectivity index (χ1) is 12.8. The molecular formula is C18H20N8. The molecule has 4 aromatic heterocycles. The largest absolute Gasteiger partial charge is 0.350 e. The van der Waals surface area contributed by atoms with Gasteiger partial charge in [-0.2, -0.15) is 4.52 Å². The number of anilines is 1. The van der Waals surface area contributed by atoms with Gasteiger partial charge in [0.25, 0.3) is 0 Å². The molecule has 0 radical (unpaired) electrons. The van der Waals surface area contributed by atoms with E-state index < -0.39 is 0 Å². The quantitative estimate of drug-likeness (QED) is 0.559. The molecule has 8 nitrogen and oxygen atoms in total. The van der Waals surface area contributed by atoms with Crippen LogP contribution in [0.25, 0.3) is 11.3 Å². The topological polar surface area (TPSA) is 66.9 Å². The van der Waals surface area contributed by atoms with Gasteiger partial charge in [-0.25, -0.2) is 4.98 Å². The molecule has 0 aromatic carbocycles. The number of hydrogen-bond donors (Lipinski definition) is 0. The summed E-state index contributed by atoms with van der Waals surface area (Å²) in [5.41, 5.74) is 2.88. The van der Waals surface area contributed by atoms with E-state index in [4.69, 9.17) is 4.98 Å².